The molecule has 0 fully saturated rings. The lowest BCUT2D eigenvalue weighted by atomic mass is 9.80. The number of rotatable bonds is 5. The summed E-state index contributed by atoms with van der Waals surface area (Å²) in [5, 5.41) is 37.7. The maximum atomic E-state index is 10.6. The Bertz CT molecular complexity index is 353. The van der Waals surface area contributed by atoms with Crippen molar-refractivity contribution in [2.24, 2.45) is 0 Å². The van der Waals surface area contributed by atoms with Gasteiger partial charge in [-0.05, 0) is 17.6 Å². The average Bonchev–Trinajstić information content (AvgIpc) is 2.26. The van der Waals surface area contributed by atoms with Crippen molar-refractivity contribution < 1.29 is 25.1 Å². The van der Waals surface area contributed by atoms with Gasteiger partial charge < -0.3 is 25.6 Å². The van der Waals surface area contributed by atoms with Gasteiger partial charge in [-0.2, -0.15) is 0 Å². The summed E-state index contributed by atoms with van der Waals surface area (Å²) in [7, 11) is -1.55. The van der Waals surface area contributed by atoms with E-state index in [2.05, 4.69) is 5.32 Å². The lowest BCUT2D eigenvalue weighted by Gasteiger charge is -2.13. The number of carbonyl (C=O) groups is 1. The zero-order valence-electron chi connectivity index (χ0n) is 8.37. The largest absolute Gasteiger partial charge is 0.488 e. The van der Waals surface area contributed by atoms with Gasteiger partial charge in [0.2, 0.25) is 0 Å². The molecule has 5 N–H and O–H groups in total. The van der Waals surface area contributed by atoms with Crippen molar-refractivity contribution in [2.45, 2.75) is 6.04 Å². The molecule has 16 heavy (non-hydrogen) atoms. The van der Waals surface area contributed by atoms with Crippen LogP contribution in [0.15, 0.2) is 24.3 Å². The molecule has 0 bridgehead atoms. The van der Waals surface area contributed by atoms with Crippen LogP contribution in [0.4, 0.5) is 5.69 Å². The van der Waals surface area contributed by atoms with E-state index < -0.39 is 25.7 Å². The molecule has 0 spiro atoms. The van der Waals surface area contributed by atoms with E-state index in [1.54, 1.807) is 0 Å². The molecule has 86 valence electrons. The lowest BCUT2D eigenvalue weighted by Crippen LogP contribution is -2.33. The van der Waals surface area contributed by atoms with Crippen LogP contribution in [0.1, 0.15) is 0 Å². The normalized spacial score (nSPS) is 11.9. The second-order valence-corrected chi connectivity index (χ2v) is 3.21. The Morgan fingerprint density at radius 2 is 1.88 bits per heavy atom. The molecule has 0 unspecified atom stereocenters. The number of aliphatic hydroxyl groups is 1. The van der Waals surface area contributed by atoms with E-state index in [1.807, 2.05) is 0 Å². The summed E-state index contributed by atoms with van der Waals surface area (Å²) >= 11 is 0. The van der Waals surface area contributed by atoms with E-state index in [0.717, 1.165) is 0 Å². The molecule has 1 aromatic carbocycles. The van der Waals surface area contributed by atoms with E-state index in [-0.39, 0.29) is 0 Å². The van der Waals surface area contributed by atoms with Crippen LogP contribution in [0.25, 0.3) is 0 Å². The van der Waals surface area contributed by atoms with Crippen LogP contribution in [0.2, 0.25) is 0 Å². The molecule has 1 rings (SSSR count). The van der Waals surface area contributed by atoms with Gasteiger partial charge in [0, 0.05) is 5.69 Å². The molecular formula is C9H12BNO5. The SMILES string of the molecule is O=C(O)[C@H](CO)Nc1ccc(B(O)O)cc1. The number of aliphatic carboxylic acids is 1. The Labute approximate surface area is 92.3 Å². The number of nitrogens with one attached hydrogen (secondary N) is 1. The molecule has 0 aromatic heterocycles. The summed E-state index contributed by atoms with van der Waals surface area (Å²) in [6, 6.07) is 4.82. The third-order valence-electron chi connectivity index (χ3n) is 2.03. The van der Waals surface area contributed by atoms with Crippen molar-refractivity contribution in [2.75, 3.05) is 11.9 Å². The minimum atomic E-state index is -1.55. The summed E-state index contributed by atoms with van der Waals surface area (Å²) < 4.78 is 0. The molecule has 0 saturated carbocycles. The average molecular weight is 225 g/mol. The number of aliphatic hydroxyl groups excluding tert-OH is 1. The highest BCUT2D eigenvalue weighted by molar-refractivity contribution is 6.58. The number of carboxylic acids is 1. The van der Waals surface area contributed by atoms with Crippen LogP contribution < -0.4 is 10.8 Å². The fourth-order valence-corrected chi connectivity index (χ4v) is 1.14. The molecule has 0 saturated heterocycles. The molecule has 1 aromatic rings. The fourth-order valence-electron chi connectivity index (χ4n) is 1.14. The fraction of sp³-hybridized carbons (Fsp3) is 0.222. The lowest BCUT2D eigenvalue weighted by molar-refractivity contribution is -0.138. The highest BCUT2D eigenvalue weighted by atomic mass is 16.4. The maximum Gasteiger partial charge on any atom is 0.488 e. The first-order valence-electron chi connectivity index (χ1n) is 4.61. The summed E-state index contributed by atoms with van der Waals surface area (Å²) in [6.07, 6.45) is 0. The van der Waals surface area contributed by atoms with Crippen molar-refractivity contribution in [3.05, 3.63) is 24.3 Å². The quantitative estimate of drug-likeness (QED) is 0.379. The van der Waals surface area contributed by atoms with E-state index >= 15 is 0 Å². The first-order valence-corrected chi connectivity index (χ1v) is 4.61. The molecule has 0 aliphatic rings. The van der Waals surface area contributed by atoms with Crippen LogP contribution in [0.5, 0.6) is 0 Å². The predicted molar refractivity (Wildman–Crippen MR) is 58.4 cm³/mol. The Balaban J connectivity index is 2.71. The molecule has 0 aliphatic heterocycles. The Hall–Kier alpha value is -1.57. The summed E-state index contributed by atoms with van der Waals surface area (Å²) in [4.78, 5) is 10.6. The highest BCUT2D eigenvalue weighted by Gasteiger charge is 2.16. The maximum absolute atomic E-state index is 10.6. The first-order chi connectivity index (χ1) is 7.54. The van der Waals surface area contributed by atoms with Gasteiger partial charge in [-0.15, -0.1) is 0 Å². The number of benzene rings is 1. The molecule has 0 aliphatic carbocycles. The summed E-state index contributed by atoms with van der Waals surface area (Å²) in [6.45, 7) is -0.528. The standard InChI is InChI=1S/C9H12BNO5/c12-5-8(9(13)14)11-7-3-1-6(2-4-7)10(15)16/h1-4,8,11-12,15-16H,5H2,(H,13,14)/t8-/m0/s1. The molecule has 1 atom stereocenters. The van der Waals surface area contributed by atoms with Crippen LogP contribution in [0.3, 0.4) is 0 Å². The van der Waals surface area contributed by atoms with E-state index in [4.69, 9.17) is 20.3 Å². The summed E-state index contributed by atoms with van der Waals surface area (Å²) in [5.41, 5.74) is 0.785. The van der Waals surface area contributed by atoms with Gasteiger partial charge in [-0.1, -0.05) is 12.1 Å². The van der Waals surface area contributed by atoms with Gasteiger partial charge in [-0.25, -0.2) is 4.79 Å². The van der Waals surface area contributed by atoms with Crippen LogP contribution in [-0.4, -0.2) is 46.0 Å². The molecular weight excluding hydrogens is 213 g/mol. The number of anilines is 1. The second-order valence-electron chi connectivity index (χ2n) is 3.21. The molecule has 0 amide bonds. The van der Waals surface area contributed by atoms with Gasteiger partial charge in [0.1, 0.15) is 6.04 Å². The smallest absolute Gasteiger partial charge is 0.480 e. The monoisotopic (exact) mass is 225 g/mol. The van der Waals surface area contributed by atoms with Gasteiger partial charge in [-0.3, -0.25) is 0 Å². The first kappa shape index (κ1) is 12.5. The molecule has 0 heterocycles. The molecule has 6 nitrogen and oxygen atoms in total. The Kier molecular flexibility index (Phi) is 4.30. The van der Waals surface area contributed by atoms with Gasteiger partial charge >= 0.3 is 13.1 Å². The van der Waals surface area contributed by atoms with Crippen LogP contribution in [0, 0.1) is 0 Å². The number of carboxylic acid groups (broad SMARTS) is 1. The Morgan fingerprint density at radius 1 is 1.31 bits per heavy atom. The van der Waals surface area contributed by atoms with Gasteiger partial charge in [0.15, 0.2) is 0 Å². The van der Waals surface area contributed by atoms with Crippen LogP contribution >= 0.6 is 0 Å². The number of hydrogen-bond acceptors (Lipinski definition) is 5. The third kappa shape index (κ3) is 3.23. The highest BCUT2D eigenvalue weighted by Crippen LogP contribution is 2.06. The van der Waals surface area contributed by atoms with Crippen molar-refractivity contribution >= 4 is 24.2 Å². The predicted octanol–water partition coefficient (Wildman–Crippen LogP) is -1.78. The van der Waals surface area contributed by atoms with E-state index in [9.17, 15) is 4.79 Å². The van der Waals surface area contributed by atoms with Crippen molar-refractivity contribution in [1.29, 1.82) is 0 Å². The van der Waals surface area contributed by atoms with E-state index in [1.165, 1.54) is 24.3 Å². The zero-order chi connectivity index (χ0) is 12.1. The van der Waals surface area contributed by atoms with Crippen LogP contribution in [-0.2, 0) is 4.79 Å². The second kappa shape index (κ2) is 5.50. The molecule has 0 radical (unpaired) electrons. The third-order valence-corrected chi connectivity index (χ3v) is 2.03. The summed E-state index contributed by atoms with van der Waals surface area (Å²) in [5.74, 6) is -1.16. The van der Waals surface area contributed by atoms with E-state index in [0.29, 0.717) is 11.2 Å². The Morgan fingerprint density at radius 3 is 2.25 bits per heavy atom. The minimum Gasteiger partial charge on any atom is -0.480 e. The van der Waals surface area contributed by atoms with Gasteiger partial charge in [0.05, 0.1) is 6.61 Å². The minimum absolute atomic E-state index is 0.307. The topological polar surface area (TPSA) is 110 Å². The van der Waals surface area contributed by atoms with Gasteiger partial charge in [0.25, 0.3) is 0 Å². The van der Waals surface area contributed by atoms with Crippen molar-refractivity contribution in [1.82, 2.24) is 0 Å². The number of hydrogen-bond donors (Lipinski definition) is 5. The zero-order valence-corrected chi connectivity index (χ0v) is 8.37. The van der Waals surface area contributed by atoms with Crippen molar-refractivity contribution in [3.8, 4) is 0 Å². The molecule has 7 heteroatoms. The van der Waals surface area contributed by atoms with Crippen molar-refractivity contribution in [3.63, 3.8) is 0 Å².